The van der Waals surface area contributed by atoms with E-state index in [0.717, 1.165) is 18.5 Å². The maximum atomic E-state index is 11.5. The van der Waals surface area contributed by atoms with Gasteiger partial charge in [-0.2, -0.15) is 0 Å². The van der Waals surface area contributed by atoms with E-state index in [1.807, 2.05) is 12.1 Å². The molecule has 1 aliphatic rings. The lowest BCUT2D eigenvalue weighted by molar-refractivity contribution is 0.492. The summed E-state index contributed by atoms with van der Waals surface area (Å²) in [6, 6.07) is 3.58. The molecule has 0 radical (unpaired) electrons. The third kappa shape index (κ3) is 2.35. The van der Waals surface area contributed by atoms with Crippen LogP contribution in [0.4, 0.5) is 0 Å². The highest BCUT2D eigenvalue weighted by Crippen LogP contribution is 2.34. The van der Waals surface area contributed by atoms with Gasteiger partial charge in [0.15, 0.2) is 9.84 Å². The number of rotatable bonds is 3. The lowest BCUT2D eigenvalue weighted by Gasteiger charge is -2.24. The summed E-state index contributed by atoms with van der Waals surface area (Å²) in [5, 5.41) is -0.527. The molecule has 0 amide bonds. The molecule has 5 heteroatoms. The molecule has 1 heterocycles. The number of hydrogen-bond donors (Lipinski definition) is 1. The molecule has 1 aliphatic carbocycles. The van der Waals surface area contributed by atoms with Crippen LogP contribution in [0.25, 0.3) is 0 Å². The number of hydrogen-bond acceptors (Lipinski definition) is 4. The van der Waals surface area contributed by atoms with Crippen molar-refractivity contribution < 1.29 is 8.42 Å². The van der Waals surface area contributed by atoms with Crippen molar-refractivity contribution in [2.24, 2.45) is 5.73 Å². The lowest BCUT2D eigenvalue weighted by atomic mass is 9.95. The van der Waals surface area contributed by atoms with E-state index in [2.05, 4.69) is 4.98 Å². The van der Waals surface area contributed by atoms with Crippen molar-refractivity contribution in [3.8, 4) is 0 Å². The number of fused-ring (bicyclic) bond motifs is 1. The lowest BCUT2D eigenvalue weighted by Crippen LogP contribution is -2.42. The number of nitrogens with zero attached hydrogens (tertiary/aromatic N) is 1. The third-order valence-electron chi connectivity index (χ3n) is 3.68. The SMILES string of the molecule is CC(C(N)C1CCc2cccnc21)S(C)(=O)=O. The van der Waals surface area contributed by atoms with E-state index in [1.165, 1.54) is 11.8 Å². The van der Waals surface area contributed by atoms with E-state index in [1.54, 1.807) is 13.1 Å². The van der Waals surface area contributed by atoms with Gasteiger partial charge in [-0.1, -0.05) is 6.07 Å². The van der Waals surface area contributed by atoms with Crippen LogP contribution >= 0.6 is 0 Å². The van der Waals surface area contributed by atoms with Gasteiger partial charge in [-0.05, 0) is 31.4 Å². The predicted octanol–water partition coefficient (Wildman–Crippen LogP) is 0.872. The van der Waals surface area contributed by atoms with Crippen molar-refractivity contribution in [2.45, 2.75) is 37.0 Å². The second-order valence-corrected chi connectivity index (χ2v) is 7.21. The van der Waals surface area contributed by atoms with Gasteiger partial charge in [0.2, 0.25) is 0 Å². The first-order chi connectivity index (χ1) is 7.91. The highest BCUT2D eigenvalue weighted by molar-refractivity contribution is 7.91. The largest absolute Gasteiger partial charge is 0.326 e. The smallest absolute Gasteiger partial charge is 0.151 e. The second kappa shape index (κ2) is 4.38. The maximum absolute atomic E-state index is 11.5. The molecule has 0 fully saturated rings. The molecule has 2 rings (SSSR count). The fourth-order valence-electron chi connectivity index (χ4n) is 2.43. The molecule has 94 valence electrons. The molecular formula is C12H18N2O2S. The van der Waals surface area contributed by atoms with Gasteiger partial charge in [0, 0.05) is 30.1 Å². The summed E-state index contributed by atoms with van der Waals surface area (Å²) < 4.78 is 23.1. The molecule has 0 saturated heterocycles. The van der Waals surface area contributed by atoms with Gasteiger partial charge < -0.3 is 5.73 Å². The van der Waals surface area contributed by atoms with Crippen LogP contribution in [0.15, 0.2) is 18.3 Å². The van der Waals surface area contributed by atoms with E-state index in [0.29, 0.717) is 0 Å². The van der Waals surface area contributed by atoms with Gasteiger partial charge in [0.1, 0.15) is 0 Å². The van der Waals surface area contributed by atoms with E-state index in [9.17, 15) is 8.42 Å². The summed E-state index contributed by atoms with van der Waals surface area (Å²) in [7, 11) is -3.09. The topological polar surface area (TPSA) is 73.0 Å². The standard InChI is InChI=1S/C12H18N2O2S/c1-8(17(2,15)16)11(13)10-6-5-9-4-3-7-14-12(9)10/h3-4,7-8,10-11H,5-6,13H2,1-2H3. The van der Waals surface area contributed by atoms with Crippen LogP contribution < -0.4 is 5.73 Å². The van der Waals surface area contributed by atoms with Crippen LogP contribution in [-0.4, -0.2) is 30.9 Å². The summed E-state index contributed by atoms with van der Waals surface area (Å²) in [6.07, 6.45) is 4.83. The zero-order valence-electron chi connectivity index (χ0n) is 10.1. The Morgan fingerprint density at radius 3 is 2.88 bits per heavy atom. The highest BCUT2D eigenvalue weighted by Gasteiger charge is 2.35. The van der Waals surface area contributed by atoms with Crippen molar-refractivity contribution in [1.29, 1.82) is 0 Å². The molecule has 0 spiro atoms. The molecule has 0 aromatic carbocycles. The Morgan fingerprint density at radius 1 is 1.53 bits per heavy atom. The quantitative estimate of drug-likeness (QED) is 0.868. The molecule has 17 heavy (non-hydrogen) atoms. The minimum absolute atomic E-state index is 0.0657. The van der Waals surface area contributed by atoms with Crippen LogP contribution in [-0.2, 0) is 16.3 Å². The first-order valence-corrected chi connectivity index (χ1v) is 7.75. The van der Waals surface area contributed by atoms with E-state index in [-0.39, 0.29) is 12.0 Å². The van der Waals surface area contributed by atoms with Crippen LogP contribution in [0.3, 0.4) is 0 Å². The van der Waals surface area contributed by atoms with Gasteiger partial charge in [0.05, 0.1) is 5.25 Å². The monoisotopic (exact) mass is 254 g/mol. The van der Waals surface area contributed by atoms with Crippen molar-refractivity contribution in [3.05, 3.63) is 29.6 Å². The Bertz CT molecular complexity index is 513. The molecule has 0 saturated carbocycles. The fraction of sp³-hybridized carbons (Fsp3) is 0.583. The van der Waals surface area contributed by atoms with Gasteiger partial charge in [-0.25, -0.2) is 8.42 Å². The van der Waals surface area contributed by atoms with Crippen LogP contribution in [0, 0.1) is 0 Å². The molecule has 3 unspecified atom stereocenters. The second-order valence-electron chi connectivity index (χ2n) is 4.80. The predicted molar refractivity (Wildman–Crippen MR) is 67.6 cm³/mol. The number of sulfone groups is 1. The number of pyridine rings is 1. The molecule has 2 N–H and O–H groups in total. The minimum Gasteiger partial charge on any atom is -0.326 e. The third-order valence-corrected chi connectivity index (χ3v) is 5.35. The van der Waals surface area contributed by atoms with Gasteiger partial charge in [-0.3, -0.25) is 4.98 Å². The molecule has 0 aliphatic heterocycles. The molecule has 4 nitrogen and oxygen atoms in total. The van der Waals surface area contributed by atoms with Crippen molar-refractivity contribution in [2.75, 3.05) is 6.26 Å². The van der Waals surface area contributed by atoms with Crippen molar-refractivity contribution >= 4 is 9.84 Å². The number of aryl methyl sites for hydroxylation is 1. The Balaban J connectivity index is 2.27. The Hall–Kier alpha value is -0.940. The summed E-state index contributed by atoms with van der Waals surface area (Å²) in [6.45, 7) is 1.68. The average Bonchev–Trinajstić information content (AvgIpc) is 2.69. The van der Waals surface area contributed by atoms with Crippen LogP contribution in [0.2, 0.25) is 0 Å². The number of aromatic nitrogens is 1. The van der Waals surface area contributed by atoms with Crippen LogP contribution in [0.1, 0.15) is 30.5 Å². The normalized spacial score (nSPS) is 23.1. The highest BCUT2D eigenvalue weighted by atomic mass is 32.2. The summed E-state index contributed by atoms with van der Waals surface area (Å²) in [5.41, 5.74) is 8.29. The fourth-order valence-corrected chi connectivity index (χ4v) is 3.19. The molecular weight excluding hydrogens is 236 g/mol. The van der Waals surface area contributed by atoms with E-state index >= 15 is 0 Å². The van der Waals surface area contributed by atoms with Gasteiger partial charge in [0.25, 0.3) is 0 Å². The Kier molecular flexibility index (Phi) is 3.23. The zero-order chi connectivity index (χ0) is 12.6. The van der Waals surface area contributed by atoms with E-state index in [4.69, 9.17) is 5.73 Å². The molecule has 1 aromatic rings. The van der Waals surface area contributed by atoms with Gasteiger partial charge in [-0.15, -0.1) is 0 Å². The van der Waals surface area contributed by atoms with E-state index < -0.39 is 15.1 Å². The van der Waals surface area contributed by atoms with Gasteiger partial charge >= 0.3 is 0 Å². The molecule has 3 atom stereocenters. The van der Waals surface area contributed by atoms with Crippen molar-refractivity contribution in [3.63, 3.8) is 0 Å². The molecule has 1 aromatic heterocycles. The Morgan fingerprint density at radius 2 is 2.24 bits per heavy atom. The first kappa shape index (κ1) is 12.5. The van der Waals surface area contributed by atoms with Crippen molar-refractivity contribution in [1.82, 2.24) is 4.98 Å². The average molecular weight is 254 g/mol. The summed E-state index contributed by atoms with van der Waals surface area (Å²) >= 11 is 0. The maximum Gasteiger partial charge on any atom is 0.151 e. The molecule has 0 bridgehead atoms. The van der Waals surface area contributed by atoms with Crippen LogP contribution in [0.5, 0.6) is 0 Å². The minimum atomic E-state index is -3.09. The first-order valence-electron chi connectivity index (χ1n) is 5.79. The summed E-state index contributed by atoms with van der Waals surface area (Å²) in [5.74, 6) is 0.0657. The summed E-state index contributed by atoms with van der Waals surface area (Å²) in [4.78, 5) is 4.35. The Labute approximate surface area is 102 Å². The number of nitrogens with two attached hydrogens (primary N) is 1. The zero-order valence-corrected chi connectivity index (χ0v) is 10.9.